The van der Waals surface area contributed by atoms with Gasteiger partial charge in [-0.3, -0.25) is 9.52 Å². The van der Waals surface area contributed by atoms with E-state index in [1.165, 1.54) is 53.9 Å². The van der Waals surface area contributed by atoms with Crippen LogP contribution in [0.25, 0.3) is 0 Å². The van der Waals surface area contributed by atoms with Crippen LogP contribution < -0.4 is 14.8 Å². The normalized spacial score (nSPS) is 15.0. The van der Waals surface area contributed by atoms with E-state index in [1.807, 2.05) is 0 Å². The minimum absolute atomic E-state index is 0.0770. The van der Waals surface area contributed by atoms with E-state index >= 15 is 0 Å². The molecule has 3 rings (SSSR count). The zero-order valence-electron chi connectivity index (χ0n) is 16.6. The third-order valence-corrected chi connectivity index (χ3v) is 7.07. The molecule has 2 N–H and O–H groups in total. The summed E-state index contributed by atoms with van der Waals surface area (Å²) in [6.07, 6.45) is 2.68. The van der Waals surface area contributed by atoms with E-state index in [2.05, 4.69) is 10.0 Å². The predicted octanol–water partition coefficient (Wildman–Crippen LogP) is 2.10. The van der Waals surface area contributed by atoms with Crippen molar-refractivity contribution in [1.29, 1.82) is 0 Å². The molecule has 1 amide bonds. The van der Waals surface area contributed by atoms with Gasteiger partial charge in [0, 0.05) is 24.3 Å². The lowest BCUT2D eigenvalue weighted by molar-refractivity contribution is 0.102. The van der Waals surface area contributed by atoms with Crippen molar-refractivity contribution in [3.05, 3.63) is 48.0 Å². The molecule has 2 aromatic rings. The molecule has 0 saturated carbocycles. The topological polar surface area (TPSA) is 122 Å². The number of benzene rings is 2. The maximum atomic E-state index is 12.8. The SMILES string of the molecule is COc1ccc(S(=O)(=O)N2CCCC2)cc1NC(=O)c1ccc(NS(C)(=O)=O)cc1. The summed E-state index contributed by atoms with van der Waals surface area (Å²) in [6, 6.07) is 10.2. The summed E-state index contributed by atoms with van der Waals surface area (Å²) in [6.45, 7) is 0.952. The molecule has 30 heavy (non-hydrogen) atoms. The van der Waals surface area contributed by atoms with Crippen LogP contribution in [0.5, 0.6) is 5.75 Å². The molecule has 9 nitrogen and oxygen atoms in total. The summed E-state index contributed by atoms with van der Waals surface area (Å²) >= 11 is 0. The molecule has 0 radical (unpaired) electrons. The van der Waals surface area contributed by atoms with Crippen LogP contribution in [0.4, 0.5) is 11.4 Å². The molecule has 0 aliphatic carbocycles. The molecule has 0 spiro atoms. The molecule has 11 heteroatoms. The number of nitrogens with zero attached hydrogens (tertiary/aromatic N) is 1. The van der Waals surface area contributed by atoms with Crippen molar-refractivity contribution in [2.45, 2.75) is 17.7 Å². The van der Waals surface area contributed by atoms with Gasteiger partial charge in [0.25, 0.3) is 5.91 Å². The lowest BCUT2D eigenvalue weighted by atomic mass is 10.2. The highest BCUT2D eigenvalue weighted by atomic mass is 32.2. The van der Waals surface area contributed by atoms with Gasteiger partial charge in [0.1, 0.15) is 5.75 Å². The fourth-order valence-corrected chi connectivity index (χ4v) is 5.23. The van der Waals surface area contributed by atoms with Crippen LogP contribution in [-0.4, -0.2) is 53.5 Å². The van der Waals surface area contributed by atoms with Crippen LogP contribution in [0, 0.1) is 0 Å². The molecule has 1 fully saturated rings. The predicted molar refractivity (Wildman–Crippen MR) is 114 cm³/mol. The summed E-state index contributed by atoms with van der Waals surface area (Å²) in [5.74, 6) is -0.172. The highest BCUT2D eigenvalue weighted by Gasteiger charge is 2.28. The van der Waals surface area contributed by atoms with Crippen LogP contribution in [-0.2, 0) is 20.0 Å². The van der Waals surface area contributed by atoms with Gasteiger partial charge in [0.15, 0.2) is 0 Å². The summed E-state index contributed by atoms with van der Waals surface area (Å²) in [7, 11) is -5.65. The molecule has 2 aromatic carbocycles. The Kier molecular flexibility index (Phi) is 6.34. The van der Waals surface area contributed by atoms with Crippen LogP contribution >= 0.6 is 0 Å². The fourth-order valence-electron chi connectivity index (χ4n) is 3.12. The summed E-state index contributed by atoms with van der Waals surface area (Å²) in [5.41, 5.74) is 0.815. The van der Waals surface area contributed by atoms with Crippen molar-refractivity contribution in [2.24, 2.45) is 0 Å². The number of hydrogen-bond acceptors (Lipinski definition) is 6. The van der Waals surface area contributed by atoms with E-state index in [9.17, 15) is 21.6 Å². The first kappa shape index (κ1) is 22.1. The number of amides is 1. The van der Waals surface area contributed by atoms with Crippen molar-refractivity contribution in [2.75, 3.05) is 36.5 Å². The largest absolute Gasteiger partial charge is 0.495 e. The number of carbonyl (C=O) groups is 1. The molecule has 0 unspecified atom stereocenters. The molecule has 0 bridgehead atoms. The molecular formula is C19H23N3O6S2. The maximum Gasteiger partial charge on any atom is 0.255 e. The lowest BCUT2D eigenvalue weighted by Gasteiger charge is -2.17. The molecule has 1 saturated heterocycles. The van der Waals surface area contributed by atoms with E-state index in [1.54, 1.807) is 0 Å². The molecule has 1 heterocycles. The standard InChI is InChI=1S/C19H23N3O6S2/c1-28-18-10-9-16(30(26,27)22-11-3-4-12-22)13-17(18)20-19(23)14-5-7-15(8-6-14)21-29(2,24)25/h5-10,13,21H,3-4,11-12H2,1-2H3,(H,20,23). The molecule has 0 aromatic heterocycles. The Morgan fingerprint density at radius 2 is 1.63 bits per heavy atom. The highest BCUT2D eigenvalue weighted by molar-refractivity contribution is 7.92. The zero-order valence-corrected chi connectivity index (χ0v) is 18.2. The van der Waals surface area contributed by atoms with Gasteiger partial charge < -0.3 is 10.1 Å². The number of ether oxygens (including phenoxy) is 1. The smallest absolute Gasteiger partial charge is 0.255 e. The minimum atomic E-state index is -3.65. The van der Waals surface area contributed by atoms with Crippen molar-refractivity contribution < 1.29 is 26.4 Å². The Morgan fingerprint density at radius 3 is 2.20 bits per heavy atom. The Labute approximate surface area is 176 Å². The van der Waals surface area contributed by atoms with E-state index in [0.29, 0.717) is 24.5 Å². The van der Waals surface area contributed by atoms with E-state index in [0.717, 1.165) is 19.1 Å². The van der Waals surface area contributed by atoms with Crippen molar-refractivity contribution in [3.63, 3.8) is 0 Å². The van der Waals surface area contributed by atoms with Gasteiger partial charge in [0.2, 0.25) is 20.0 Å². The lowest BCUT2D eigenvalue weighted by Crippen LogP contribution is -2.28. The average molecular weight is 454 g/mol. The maximum absolute atomic E-state index is 12.8. The first-order valence-electron chi connectivity index (χ1n) is 9.17. The Bertz CT molecular complexity index is 1140. The minimum Gasteiger partial charge on any atom is -0.495 e. The third kappa shape index (κ3) is 5.10. The first-order valence-corrected chi connectivity index (χ1v) is 12.5. The van der Waals surface area contributed by atoms with E-state index in [-0.39, 0.29) is 16.1 Å². The fraction of sp³-hybridized carbons (Fsp3) is 0.316. The Hall–Kier alpha value is -2.63. The first-order chi connectivity index (χ1) is 14.1. The van der Waals surface area contributed by atoms with Gasteiger partial charge in [-0.25, -0.2) is 16.8 Å². The summed E-state index contributed by atoms with van der Waals surface area (Å²) < 4.78 is 57.2. The van der Waals surface area contributed by atoms with Gasteiger partial charge in [0.05, 0.1) is 23.9 Å². The van der Waals surface area contributed by atoms with Gasteiger partial charge >= 0.3 is 0 Å². The third-order valence-electron chi connectivity index (χ3n) is 4.57. The molecule has 1 aliphatic heterocycles. The number of sulfonamides is 2. The molecule has 0 atom stereocenters. The summed E-state index contributed by atoms with van der Waals surface area (Å²) in [5, 5.41) is 2.66. The number of nitrogens with one attached hydrogen (secondary N) is 2. The Balaban J connectivity index is 1.83. The highest BCUT2D eigenvalue weighted by Crippen LogP contribution is 2.30. The van der Waals surface area contributed by atoms with Gasteiger partial charge in [-0.15, -0.1) is 0 Å². The number of carbonyl (C=O) groups excluding carboxylic acids is 1. The molecule has 162 valence electrons. The number of methoxy groups -OCH3 is 1. The van der Waals surface area contributed by atoms with E-state index in [4.69, 9.17) is 4.74 Å². The van der Waals surface area contributed by atoms with Crippen LogP contribution in [0.2, 0.25) is 0 Å². The van der Waals surface area contributed by atoms with Crippen LogP contribution in [0.3, 0.4) is 0 Å². The van der Waals surface area contributed by atoms with Gasteiger partial charge in [-0.1, -0.05) is 0 Å². The van der Waals surface area contributed by atoms with Gasteiger partial charge in [-0.2, -0.15) is 4.31 Å². The van der Waals surface area contributed by atoms with Crippen LogP contribution in [0.1, 0.15) is 23.2 Å². The second kappa shape index (κ2) is 8.62. The van der Waals surface area contributed by atoms with Crippen molar-refractivity contribution in [1.82, 2.24) is 4.31 Å². The summed E-state index contributed by atoms with van der Waals surface area (Å²) in [4.78, 5) is 12.7. The molecular weight excluding hydrogens is 430 g/mol. The quantitative estimate of drug-likeness (QED) is 0.662. The number of anilines is 2. The van der Waals surface area contributed by atoms with Crippen molar-refractivity contribution >= 4 is 37.3 Å². The zero-order chi connectivity index (χ0) is 21.9. The van der Waals surface area contributed by atoms with E-state index < -0.39 is 26.0 Å². The Morgan fingerprint density at radius 1 is 1.00 bits per heavy atom. The van der Waals surface area contributed by atoms with Crippen LogP contribution in [0.15, 0.2) is 47.4 Å². The average Bonchev–Trinajstić information content (AvgIpc) is 3.23. The second-order valence-electron chi connectivity index (χ2n) is 6.88. The number of hydrogen-bond donors (Lipinski definition) is 2. The number of rotatable bonds is 7. The van der Waals surface area contributed by atoms with Crippen molar-refractivity contribution in [3.8, 4) is 5.75 Å². The molecule has 1 aliphatic rings. The monoisotopic (exact) mass is 453 g/mol. The second-order valence-corrected chi connectivity index (χ2v) is 10.6. The van der Waals surface area contributed by atoms with Gasteiger partial charge in [-0.05, 0) is 55.3 Å².